The lowest BCUT2D eigenvalue weighted by Crippen LogP contribution is -2.32. The lowest BCUT2D eigenvalue weighted by molar-refractivity contribution is 0.00656. The second kappa shape index (κ2) is 9.95. The van der Waals surface area contributed by atoms with Gasteiger partial charge < -0.3 is 24.4 Å². The average Bonchev–Trinajstić information content (AvgIpc) is 2.87. The summed E-state index contributed by atoms with van der Waals surface area (Å²) in [5, 5.41) is 16.2. The van der Waals surface area contributed by atoms with Crippen molar-refractivity contribution in [3.05, 3.63) is 12.2 Å². The molecular formula is C11H21N3O4. The summed E-state index contributed by atoms with van der Waals surface area (Å²) in [5.74, 6) is 0.588. The molecule has 0 saturated carbocycles. The van der Waals surface area contributed by atoms with Crippen molar-refractivity contribution >= 4 is 0 Å². The van der Waals surface area contributed by atoms with Gasteiger partial charge in [-0.25, -0.2) is 0 Å². The molecule has 104 valence electrons. The number of nitrogens with zero attached hydrogens (tertiary/aromatic N) is 2. The Morgan fingerprint density at radius 2 is 2.28 bits per heavy atom. The van der Waals surface area contributed by atoms with Crippen LogP contribution in [0, 0.1) is 0 Å². The lowest BCUT2D eigenvalue weighted by atomic mass is 10.3. The molecule has 0 saturated heterocycles. The Morgan fingerprint density at radius 1 is 1.44 bits per heavy atom. The normalized spacial score (nSPS) is 12.8. The monoisotopic (exact) mass is 259 g/mol. The minimum absolute atomic E-state index is 0.306. The van der Waals surface area contributed by atoms with Crippen LogP contribution in [-0.4, -0.2) is 60.9 Å². The molecule has 7 nitrogen and oxygen atoms in total. The molecule has 1 aromatic heterocycles. The molecule has 0 aromatic carbocycles. The molecule has 0 aliphatic carbocycles. The SMILES string of the molecule is CCOCCOCC(O)CNCCc1ncno1. The van der Waals surface area contributed by atoms with Crippen molar-refractivity contribution in [1.29, 1.82) is 0 Å². The minimum Gasteiger partial charge on any atom is -0.389 e. The molecular weight excluding hydrogens is 238 g/mol. The third-order valence-electron chi connectivity index (χ3n) is 2.19. The molecule has 1 heterocycles. The van der Waals surface area contributed by atoms with E-state index in [-0.39, 0.29) is 0 Å². The van der Waals surface area contributed by atoms with Crippen LogP contribution < -0.4 is 5.32 Å². The number of ether oxygens (including phenoxy) is 2. The Hall–Kier alpha value is -1.02. The second-order valence-electron chi connectivity index (χ2n) is 3.71. The molecule has 1 unspecified atom stereocenters. The number of hydrogen-bond donors (Lipinski definition) is 2. The van der Waals surface area contributed by atoms with Crippen LogP contribution in [-0.2, 0) is 15.9 Å². The maximum atomic E-state index is 9.58. The third kappa shape index (κ3) is 7.33. The largest absolute Gasteiger partial charge is 0.389 e. The first-order chi connectivity index (χ1) is 8.83. The van der Waals surface area contributed by atoms with Gasteiger partial charge in [-0.05, 0) is 6.92 Å². The molecule has 0 amide bonds. The summed E-state index contributed by atoms with van der Waals surface area (Å²) in [5.41, 5.74) is 0. The lowest BCUT2D eigenvalue weighted by Gasteiger charge is -2.11. The zero-order valence-corrected chi connectivity index (χ0v) is 10.7. The van der Waals surface area contributed by atoms with E-state index in [0.29, 0.717) is 51.8 Å². The van der Waals surface area contributed by atoms with E-state index >= 15 is 0 Å². The summed E-state index contributed by atoms with van der Waals surface area (Å²) in [6, 6.07) is 0. The average molecular weight is 259 g/mol. The fourth-order valence-electron chi connectivity index (χ4n) is 1.31. The van der Waals surface area contributed by atoms with Crippen molar-refractivity contribution in [1.82, 2.24) is 15.5 Å². The van der Waals surface area contributed by atoms with E-state index in [1.165, 1.54) is 6.33 Å². The first-order valence-corrected chi connectivity index (χ1v) is 6.12. The molecule has 0 aliphatic rings. The second-order valence-corrected chi connectivity index (χ2v) is 3.71. The summed E-state index contributed by atoms with van der Waals surface area (Å²) in [6.07, 6.45) is 1.50. The van der Waals surface area contributed by atoms with Crippen molar-refractivity contribution in [3.8, 4) is 0 Å². The summed E-state index contributed by atoms with van der Waals surface area (Å²) in [4.78, 5) is 3.89. The highest BCUT2D eigenvalue weighted by Crippen LogP contribution is 1.91. The number of rotatable bonds is 11. The van der Waals surface area contributed by atoms with E-state index in [2.05, 4.69) is 15.5 Å². The maximum Gasteiger partial charge on any atom is 0.227 e. The van der Waals surface area contributed by atoms with Gasteiger partial charge in [0.15, 0.2) is 6.33 Å². The molecule has 0 spiro atoms. The molecule has 0 aliphatic heterocycles. The van der Waals surface area contributed by atoms with Crippen LogP contribution in [0.25, 0.3) is 0 Å². The van der Waals surface area contributed by atoms with E-state index in [9.17, 15) is 5.11 Å². The Balaban J connectivity index is 1.88. The molecule has 0 radical (unpaired) electrons. The van der Waals surface area contributed by atoms with Crippen molar-refractivity contribution in [2.75, 3.05) is 39.5 Å². The molecule has 0 fully saturated rings. The van der Waals surface area contributed by atoms with Gasteiger partial charge in [0.2, 0.25) is 5.89 Å². The molecule has 18 heavy (non-hydrogen) atoms. The maximum absolute atomic E-state index is 9.58. The first-order valence-electron chi connectivity index (χ1n) is 6.12. The zero-order valence-electron chi connectivity index (χ0n) is 10.7. The van der Waals surface area contributed by atoms with Crippen LogP contribution in [0.4, 0.5) is 0 Å². The van der Waals surface area contributed by atoms with Gasteiger partial charge in [0, 0.05) is 26.1 Å². The summed E-state index contributed by atoms with van der Waals surface area (Å²) >= 11 is 0. The van der Waals surface area contributed by atoms with E-state index in [4.69, 9.17) is 14.0 Å². The predicted octanol–water partition coefficient (Wildman–Crippen LogP) is -0.384. The highest BCUT2D eigenvalue weighted by atomic mass is 16.5. The molecule has 2 N–H and O–H groups in total. The van der Waals surface area contributed by atoms with E-state index in [1.807, 2.05) is 6.92 Å². The van der Waals surface area contributed by atoms with Gasteiger partial charge >= 0.3 is 0 Å². The van der Waals surface area contributed by atoms with Crippen molar-refractivity contribution in [3.63, 3.8) is 0 Å². The predicted molar refractivity (Wildman–Crippen MR) is 64.2 cm³/mol. The third-order valence-corrected chi connectivity index (χ3v) is 2.19. The van der Waals surface area contributed by atoms with Crippen LogP contribution in [0.2, 0.25) is 0 Å². The standard InChI is InChI=1S/C11H21N3O4/c1-2-16-5-6-17-8-10(15)7-12-4-3-11-13-9-14-18-11/h9-10,12,15H,2-8H2,1H3. The number of nitrogens with one attached hydrogen (secondary N) is 1. The van der Waals surface area contributed by atoms with Gasteiger partial charge in [0.05, 0.1) is 25.9 Å². The number of aliphatic hydroxyl groups is 1. The summed E-state index contributed by atoms with van der Waals surface area (Å²) in [7, 11) is 0. The highest BCUT2D eigenvalue weighted by molar-refractivity contribution is 4.75. The molecule has 0 bridgehead atoms. The van der Waals surface area contributed by atoms with Gasteiger partial charge in [-0.15, -0.1) is 0 Å². The summed E-state index contributed by atoms with van der Waals surface area (Å²) < 4.78 is 15.2. The van der Waals surface area contributed by atoms with Crippen molar-refractivity contribution in [2.45, 2.75) is 19.4 Å². The van der Waals surface area contributed by atoms with E-state index < -0.39 is 6.10 Å². The topological polar surface area (TPSA) is 89.6 Å². The molecule has 7 heteroatoms. The van der Waals surface area contributed by atoms with Crippen LogP contribution in [0.15, 0.2) is 10.9 Å². The van der Waals surface area contributed by atoms with Crippen LogP contribution in [0.5, 0.6) is 0 Å². The number of hydrogen-bond acceptors (Lipinski definition) is 7. The fourth-order valence-corrected chi connectivity index (χ4v) is 1.31. The molecule has 1 atom stereocenters. The zero-order chi connectivity index (χ0) is 13.1. The Kier molecular flexibility index (Phi) is 8.32. The van der Waals surface area contributed by atoms with Crippen LogP contribution >= 0.6 is 0 Å². The molecule has 1 aromatic rings. The van der Waals surface area contributed by atoms with Gasteiger partial charge in [0.25, 0.3) is 0 Å². The summed E-state index contributed by atoms with van der Waals surface area (Å²) in [6.45, 7) is 5.15. The smallest absolute Gasteiger partial charge is 0.227 e. The van der Waals surface area contributed by atoms with E-state index in [0.717, 1.165) is 0 Å². The first kappa shape index (κ1) is 15.0. The minimum atomic E-state index is -0.519. The van der Waals surface area contributed by atoms with Gasteiger partial charge in [-0.2, -0.15) is 4.98 Å². The Bertz CT molecular complexity index is 282. The van der Waals surface area contributed by atoms with Crippen LogP contribution in [0.3, 0.4) is 0 Å². The fraction of sp³-hybridized carbons (Fsp3) is 0.818. The Labute approximate surface area is 106 Å². The number of aliphatic hydroxyl groups excluding tert-OH is 1. The molecule has 1 rings (SSSR count). The van der Waals surface area contributed by atoms with Crippen LogP contribution in [0.1, 0.15) is 12.8 Å². The Morgan fingerprint density at radius 3 is 3.00 bits per heavy atom. The van der Waals surface area contributed by atoms with E-state index in [1.54, 1.807) is 0 Å². The quantitative estimate of drug-likeness (QED) is 0.523. The van der Waals surface area contributed by atoms with Gasteiger partial charge in [0.1, 0.15) is 0 Å². The van der Waals surface area contributed by atoms with Gasteiger partial charge in [-0.1, -0.05) is 5.16 Å². The van der Waals surface area contributed by atoms with Crippen molar-refractivity contribution in [2.24, 2.45) is 0 Å². The number of aromatic nitrogens is 2. The van der Waals surface area contributed by atoms with Gasteiger partial charge in [-0.3, -0.25) is 0 Å². The highest BCUT2D eigenvalue weighted by Gasteiger charge is 2.04. The van der Waals surface area contributed by atoms with Crippen molar-refractivity contribution < 1.29 is 19.1 Å².